The molecular formula is C34H34BFO7S. The predicted molar refractivity (Wildman–Crippen MR) is 167 cm³/mol. The quantitative estimate of drug-likeness (QED) is 0.119. The zero-order valence-corrected chi connectivity index (χ0v) is 26.3. The first-order chi connectivity index (χ1) is 20.6. The number of rotatable bonds is 8. The van der Waals surface area contributed by atoms with E-state index in [9.17, 15) is 12.3 Å². The van der Waals surface area contributed by atoms with Gasteiger partial charge in [0.2, 0.25) is 0 Å². The third-order valence-electron chi connectivity index (χ3n) is 8.79. The molecule has 2 aliphatic rings. The van der Waals surface area contributed by atoms with E-state index in [4.69, 9.17) is 18.8 Å². The Hall–Kier alpha value is -3.86. The average Bonchev–Trinajstić information content (AvgIpc) is 3.32. The summed E-state index contributed by atoms with van der Waals surface area (Å²) in [6, 6.07) is 27.6. The molecular weight excluding hydrogens is 582 g/mol. The van der Waals surface area contributed by atoms with Crippen LogP contribution >= 0.6 is 0 Å². The second-order valence-corrected chi connectivity index (χ2v) is 13.6. The Morgan fingerprint density at radius 3 is 1.80 bits per heavy atom. The molecule has 1 fully saturated rings. The van der Waals surface area contributed by atoms with Gasteiger partial charge < -0.3 is 23.0 Å². The summed E-state index contributed by atoms with van der Waals surface area (Å²) in [7, 11) is -5.65. The van der Waals surface area contributed by atoms with Gasteiger partial charge in [0.15, 0.2) is 0 Å². The lowest BCUT2D eigenvalue weighted by atomic mass is 9.79. The number of ether oxygens (including phenoxy) is 2. The van der Waals surface area contributed by atoms with E-state index in [0.717, 1.165) is 22.2 Å². The molecule has 0 aromatic heterocycles. The molecule has 1 saturated heterocycles. The van der Waals surface area contributed by atoms with Crippen molar-refractivity contribution >= 4 is 23.1 Å². The van der Waals surface area contributed by atoms with E-state index in [-0.39, 0.29) is 11.2 Å². The van der Waals surface area contributed by atoms with Crippen molar-refractivity contribution in [1.82, 2.24) is 0 Å². The van der Waals surface area contributed by atoms with Gasteiger partial charge in [0.05, 0.1) is 11.2 Å². The van der Waals surface area contributed by atoms with Gasteiger partial charge in [-0.1, -0.05) is 66.3 Å². The van der Waals surface area contributed by atoms with Crippen molar-refractivity contribution in [1.29, 1.82) is 0 Å². The number of halogens is 1. The Morgan fingerprint density at radius 2 is 1.20 bits per heavy atom. The van der Waals surface area contributed by atoms with E-state index in [0.29, 0.717) is 11.5 Å². The summed E-state index contributed by atoms with van der Waals surface area (Å²) in [5.74, 6) is 0.755. The molecule has 0 N–H and O–H groups in total. The van der Waals surface area contributed by atoms with E-state index in [1.165, 1.54) is 35.4 Å². The van der Waals surface area contributed by atoms with Gasteiger partial charge in [0.1, 0.15) is 17.2 Å². The van der Waals surface area contributed by atoms with E-state index in [1.54, 1.807) is 0 Å². The van der Waals surface area contributed by atoms with Crippen LogP contribution < -0.4 is 19.1 Å². The van der Waals surface area contributed by atoms with Crippen LogP contribution in [-0.2, 0) is 25.2 Å². The van der Waals surface area contributed by atoms with Crippen molar-refractivity contribution < 1.29 is 35.3 Å². The van der Waals surface area contributed by atoms with Crippen molar-refractivity contribution in [3.05, 3.63) is 108 Å². The predicted octanol–water partition coefficient (Wildman–Crippen LogP) is 7.04. The zero-order valence-electron chi connectivity index (χ0n) is 25.5. The second kappa shape index (κ2) is 10.6. The van der Waals surface area contributed by atoms with Gasteiger partial charge in [0, 0.05) is 11.0 Å². The van der Waals surface area contributed by atoms with Crippen molar-refractivity contribution in [3.63, 3.8) is 0 Å². The Bertz CT molecular complexity index is 1790. The number of hydrogen-bond donors (Lipinski definition) is 0. The smallest absolute Gasteiger partial charge is 0.451 e. The molecule has 4 aromatic rings. The Balaban J connectivity index is 1.30. The van der Waals surface area contributed by atoms with Gasteiger partial charge in [-0.3, -0.25) is 0 Å². The highest BCUT2D eigenvalue weighted by atomic mass is 32.3. The highest BCUT2D eigenvalue weighted by molar-refractivity contribution is 7.81. The Labute approximate surface area is 258 Å². The minimum Gasteiger partial charge on any atom is -0.451 e. The molecule has 228 valence electrons. The summed E-state index contributed by atoms with van der Waals surface area (Å²) in [6.07, 6.45) is -0.876. The van der Waals surface area contributed by atoms with Gasteiger partial charge in [-0.2, -0.15) is 8.42 Å². The number of fused-ring (bicyclic) bond motifs is 3. The Kier molecular flexibility index (Phi) is 7.30. The first-order valence-electron chi connectivity index (χ1n) is 14.4. The monoisotopic (exact) mass is 616 g/mol. The SMILES string of the molecule is CC1(C)c2ccccc2-c2ccc(C(Oc3ccc(OS(=O)(=O)F)cc3)Oc3ccc(B4OC(C)(C)C(C)(C)O4)cc3)cc21. The molecule has 1 aliphatic carbocycles. The lowest BCUT2D eigenvalue weighted by molar-refractivity contribution is 0.00373. The van der Waals surface area contributed by atoms with Crippen LogP contribution in [0.5, 0.6) is 17.2 Å². The molecule has 6 rings (SSSR count). The maximum atomic E-state index is 13.0. The highest BCUT2D eigenvalue weighted by Gasteiger charge is 2.51. The molecule has 1 aliphatic heterocycles. The van der Waals surface area contributed by atoms with Gasteiger partial charge in [-0.05, 0) is 97.9 Å². The highest BCUT2D eigenvalue weighted by Crippen LogP contribution is 2.49. The van der Waals surface area contributed by atoms with E-state index in [2.05, 4.69) is 48.4 Å². The summed E-state index contributed by atoms with van der Waals surface area (Å²) < 4.78 is 64.2. The van der Waals surface area contributed by atoms with Crippen molar-refractivity contribution in [3.8, 4) is 28.4 Å². The molecule has 7 nitrogen and oxygen atoms in total. The fraction of sp³-hybridized carbons (Fsp3) is 0.294. The normalized spacial score (nSPS) is 18.3. The lowest BCUT2D eigenvalue weighted by Gasteiger charge is -2.32. The molecule has 44 heavy (non-hydrogen) atoms. The first-order valence-corrected chi connectivity index (χ1v) is 15.7. The molecule has 0 saturated carbocycles. The van der Waals surface area contributed by atoms with Crippen LogP contribution in [-0.4, -0.2) is 26.7 Å². The summed E-state index contributed by atoms with van der Waals surface area (Å²) in [5.41, 5.74) is 5.28. The molecule has 4 aromatic carbocycles. The molecule has 0 spiro atoms. The van der Waals surface area contributed by atoms with E-state index < -0.39 is 35.1 Å². The van der Waals surface area contributed by atoms with Gasteiger partial charge in [0.25, 0.3) is 6.29 Å². The van der Waals surface area contributed by atoms with E-state index in [1.807, 2.05) is 64.1 Å². The molecule has 0 amide bonds. The van der Waals surface area contributed by atoms with Crippen LogP contribution in [0.25, 0.3) is 11.1 Å². The third kappa shape index (κ3) is 5.69. The molecule has 1 heterocycles. The van der Waals surface area contributed by atoms with Crippen LogP contribution in [0.4, 0.5) is 3.89 Å². The van der Waals surface area contributed by atoms with Gasteiger partial charge >= 0.3 is 17.6 Å². The van der Waals surface area contributed by atoms with Crippen LogP contribution in [0, 0.1) is 0 Å². The van der Waals surface area contributed by atoms with Crippen molar-refractivity contribution in [2.75, 3.05) is 0 Å². The first kappa shape index (κ1) is 30.2. The summed E-state index contributed by atoms with van der Waals surface area (Å²) in [4.78, 5) is 0. The zero-order chi connectivity index (χ0) is 31.5. The van der Waals surface area contributed by atoms with Crippen molar-refractivity contribution in [2.45, 2.75) is 64.4 Å². The maximum absolute atomic E-state index is 13.0. The van der Waals surface area contributed by atoms with E-state index >= 15 is 0 Å². The average molecular weight is 617 g/mol. The minimum absolute atomic E-state index is 0.173. The summed E-state index contributed by atoms with van der Waals surface area (Å²) in [6.45, 7) is 12.4. The summed E-state index contributed by atoms with van der Waals surface area (Å²) in [5, 5.41) is 0. The molecule has 1 atom stereocenters. The van der Waals surface area contributed by atoms with Gasteiger partial charge in [-0.15, -0.1) is 0 Å². The molecule has 0 radical (unpaired) electrons. The fourth-order valence-corrected chi connectivity index (χ4v) is 5.99. The number of benzene rings is 4. The van der Waals surface area contributed by atoms with Crippen LogP contribution in [0.15, 0.2) is 91.0 Å². The van der Waals surface area contributed by atoms with Crippen LogP contribution in [0.3, 0.4) is 0 Å². The maximum Gasteiger partial charge on any atom is 0.494 e. The lowest BCUT2D eigenvalue weighted by Crippen LogP contribution is -2.41. The number of hydrogen-bond acceptors (Lipinski definition) is 7. The molecule has 10 heteroatoms. The molecule has 1 unspecified atom stereocenters. The topological polar surface area (TPSA) is 80.3 Å². The third-order valence-corrected chi connectivity index (χ3v) is 9.18. The van der Waals surface area contributed by atoms with Crippen LogP contribution in [0.1, 0.15) is 64.5 Å². The minimum atomic E-state index is -5.14. The fourth-order valence-electron chi connectivity index (χ4n) is 5.65. The molecule has 0 bridgehead atoms. The summed E-state index contributed by atoms with van der Waals surface area (Å²) >= 11 is 0. The second-order valence-electron chi connectivity index (χ2n) is 12.6. The van der Waals surface area contributed by atoms with Gasteiger partial charge in [-0.25, -0.2) is 0 Å². The standard InChI is InChI=1S/C34H34BFO7S/c1-32(2)29-10-8-7-9-27(29)28-20-11-22(21-30(28)32)31(40-25-16-18-26(19-17-25)41-44(36,37)38)39-24-14-12-23(13-15-24)35-42-33(3,4)34(5,6)43-35/h7-21,31H,1-6H3. The van der Waals surface area contributed by atoms with Crippen LogP contribution in [0.2, 0.25) is 0 Å². The van der Waals surface area contributed by atoms with Crippen molar-refractivity contribution in [2.24, 2.45) is 0 Å². The Morgan fingerprint density at radius 1 is 0.682 bits per heavy atom. The largest absolute Gasteiger partial charge is 0.494 e.